The summed E-state index contributed by atoms with van der Waals surface area (Å²) < 4.78 is 28.9. The van der Waals surface area contributed by atoms with E-state index in [0.29, 0.717) is 6.54 Å². The third-order valence-corrected chi connectivity index (χ3v) is 6.44. The molecule has 0 amide bonds. The van der Waals surface area contributed by atoms with Crippen LogP contribution in [-0.2, 0) is 17.1 Å². The normalized spacial score (nSPS) is 14.8. The van der Waals surface area contributed by atoms with Crippen molar-refractivity contribution < 1.29 is 8.42 Å². The number of nitrogens with one attached hydrogen (secondary N) is 2. The molecule has 1 aromatic carbocycles. The second kappa shape index (κ2) is 12.3. The number of hydrogen-bond acceptors (Lipinski definition) is 3. The van der Waals surface area contributed by atoms with E-state index < -0.39 is 10.0 Å². The van der Waals surface area contributed by atoms with Crippen molar-refractivity contribution >= 4 is 46.0 Å². The number of rotatable bonds is 7. The Hall–Kier alpha value is -1.85. The second-order valence-corrected chi connectivity index (χ2v) is 9.11. The van der Waals surface area contributed by atoms with Gasteiger partial charge >= 0.3 is 0 Å². The van der Waals surface area contributed by atoms with Crippen LogP contribution in [0.25, 0.3) is 6.08 Å². The predicted molar refractivity (Wildman–Crippen MR) is 137 cm³/mol. The van der Waals surface area contributed by atoms with E-state index in [0.717, 1.165) is 38.4 Å². The summed E-state index contributed by atoms with van der Waals surface area (Å²) in [5.74, 6) is 0.843. The molecule has 9 heteroatoms. The Bertz CT molecular complexity index is 976. The first-order chi connectivity index (χ1) is 14.5. The Kier molecular flexibility index (Phi) is 10.0. The highest BCUT2D eigenvalue weighted by molar-refractivity contribution is 14.0. The van der Waals surface area contributed by atoms with Gasteiger partial charge in [-0.1, -0.05) is 42.0 Å². The topological polar surface area (TPSA) is 78.7 Å². The highest BCUT2D eigenvalue weighted by atomic mass is 127. The molecule has 0 spiro atoms. The molecule has 1 aliphatic rings. The molecule has 2 heterocycles. The van der Waals surface area contributed by atoms with Crippen LogP contribution in [-0.4, -0.2) is 56.6 Å². The molecule has 0 saturated carbocycles. The molecule has 3 rings (SSSR count). The lowest BCUT2D eigenvalue weighted by atomic mass is 10.0. The number of sulfonamides is 1. The van der Waals surface area contributed by atoms with Crippen LogP contribution in [0.2, 0.25) is 0 Å². The maximum Gasteiger partial charge on any atom is 0.242 e. The molecule has 0 atom stereocenters. The highest BCUT2D eigenvalue weighted by Crippen LogP contribution is 2.19. The summed E-state index contributed by atoms with van der Waals surface area (Å²) in [6.07, 6.45) is 7.58. The minimum atomic E-state index is -3.49. The van der Waals surface area contributed by atoms with Crippen molar-refractivity contribution in [1.29, 1.82) is 0 Å². The van der Waals surface area contributed by atoms with Gasteiger partial charge in [-0.3, -0.25) is 4.99 Å². The van der Waals surface area contributed by atoms with Gasteiger partial charge in [0.05, 0.1) is 11.4 Å². The van der Waals surface area contributed by atoms with Gasteiger partial charge in [0.25, 0.3) is 0 Å². The average Bonchev–Trinajstić information content (AvgIpc) is 3.19. The molecule has 2 aromatic rings. The summed E-state index contributed by atoms with van der Waals surface area (Å²) in [5, 5.41) is 3.33. The Balaban J connectivity index is 0.00000341. The summed E-state index contributed by atoms with van der Waals surface area (Å²) >= 11 is 0. The molecule has 0 bridgehead atoms. The largest absolute Gasteiger partial charge is 0.357 e. The van der Waals surface area contributed by atoms with E-state index >= 15 is 0 Å². The minimum absolute atomic E-state index is 0. The summed E-state index contributed by atoms with van der Waals surface area (Å²) in [6, 6.07) is 12.0. The van der Waals surface area contributed by atoms with Crippen LogP contribution in [0.15, 0.2) is 64.3 Å². The van der Waals surface area contributed by atoms with Crippen molar-refractivity contribution in [3.8, 4) is 0 Å². The third kappa shape index (κ3) is 7.65. The molecular weight excluding hydrogens is 525 g/mol. The van der Waals surface area contributed by atoms with Crippen molar-refractivity contribution in [3.05, 3.63) is 59.9 Å². The minimum Gasteiger partial charge on any atom is -0.357 e. The number of likely N-dealkylation sites (tertiary alicyclic amines) is 1. The zero-order valence-electron chi connectivity index (χ0n) is 18.1. The van der Waals surface area contributed by atoms with Crippen molar-refractivity contribution in [2.75, 3.05) is 32.7 Å². The molecular formula is C22H32IN5O2S. The molecule has 170 valence electrons. The van der Waals surface area contributed by atoms with Gasteiger partial charge in [-0.15, -0.1) is 24.0 Å². The third-order valence-electron chi connectivity index (χ3n) is 4.99. The van der Waals surface area contributed by atoms with Gasteiger partial charge in [-0.25, -0.2) is 13.1 Å². The number of aryl methyl sites for hydroxylation is 1. The highest BCUT2D eigenvalue weighted by Gasteiger charge is 2.18. The lowest BCUT2D eigenvalue weighted by molar-refractivity contribution is 0.375. The number of benzene rings is 1. The quantitative estimate of drug-likeness (QED) is 0.238. The van der Waals surface area contributed by atoms with E-state index in [4.69, 9.17) is 0 Å². The molecule has 2 N–H and O–H groups in total. The van der Waals surface area contributed by atoms with Crippen LogP contribution in [0.3, 0.4) is 0 Å². The number of guanidine groups is 1. The van der Waals surface area contributed by atoms with Gasteiger partial charge < -0.3 is 14.8 Å². The first kappa shape index (κ1) is 25.4. The van der Waals surface area contributed by atoms with Crippen molar-refractivity contribution in [2.24, 2.45) is 12.0 Å². The first-order valence-electron chi connectivity index (χ1n) is 10.4. The van der Waals surface area contributed by atoms with Crippen LogP contribution < -0.4 is 10.0 Å². The van der Waals surface area contributed by atoms with Gasteiger partial charge in [-0.2, -0.15) is 0 Å². The molecule has 1 aromatic heterocycles. The summed E-state index contributed by atoms with van der Waals surface area (Å²) in [6.45, 7) is 5.27. The zero-order chi connectivity index (χ0) is 21.4. The van der Waals surface area contributed by atoms with Crippen molar-refractivity contribution in [1.82, 2.24) is 19.5 Å². The van der Waals surface area contributed by atoms with E-state index in [-0.39, 0.29) is 35.4 Å². The van der Waals surface area contributed by atoms with E-state index in [9.17, 15) is 8.42 Å². The zero-order valence-corrected chi connectivity index (χ0v) is 21.3. The van der Waals surface area contributed by atoms with Gasteiger partial charge in [-0.05, 0) is 31.4 Å². The number of aliphatic imine (C=N–C) groups is 1. The maximum absolute atomic E-state index is 12.3. The molecule has 0 unspecified atom stereocenters. The number of aromatic nitrogens is 1. The monoisotopic (exact) mass is 557 g/mol. The smallest absolute Gasteiger partial charge is 0.242 e. The Morgan fingerprint density at radius 1 is 1.16 bits per heavy atom. The molecule has 31 heavy (non-hydrogen) atoms. The summed E-state index contributed by atoms with van der Waals surface area (Å²) in [7, 11) is -1.70. The Labute approximate surface area is 202 Å². The number of halogens is 1. The molecule has 1 aliphatic heterocycles. The molecule has 7 nitrogen and oxygen atoms in total. The van der Waals surface area contributed by atoms with Crippen LogP contribution >= 0.6 is 24.0 Å². The van der Waals surface area contributed by atoms with E-state index in [2.05, 4.69) is 50.3 Å². The second-order valence-electron chi connectivity index (χ2n) is 7.35. The van der Waals surface area contributed by atoms with Gasteiger partial charge in [0.2, 0.25) is 10.0 Å². The van der Waals surface area contributed by atoms with Crippen LogP contribution in [0.5, 0.6) is 0 Å². The fraction of sp³-hybridized carbons (Fsp3) is 0.409. The predicted octanol–water partition coefficient (Wildman–Crippen LogP) is 3.07. The summed E-state index contributed by atoms with van der Waals surface area (Å²) in [4.78, 5) is 7.15. The Morgan fingerprint density at radius 2 is 1.87 bits per heavy atom. The molecule has 1 saturated heterocycles. The van der Waals surface area contributed by atoms with Crippen LogP contribution in [0.1, 0.15) is 25.3 Å². The number of piperidine rings is 1. The van der Waals surface area contributed by atoms with Crippen LogP contribution in [0, 0.1) is 0 Å². The Morgan fingerprint density at radius 3 is 2.48 bits per heavy atom. The first-order valence-corrected chi connectivity index (χ1v) is 11.9. The van der Waals surface area contributed by atoms with Crippen molar-refractivity contribution in [2.45, 2.75) is 24.7 Å². The van der Waals surface area contributed by atoms with Crippen molar-refractivity contribution in [3.63, 3.8) is 0 Å². The van der Waals surface area contributed by atoms with E-state index in [1.54, 1.807) is 30.1 Å². The van der Waals surface area contributed by atoms with E-state index in [1.165, 1.54) is 11.1 Å². The lowest BCUT2D eigenvalue weighted by Crippen LogP contribution is -2.44. The molecule has 1 fully saturated rings. The standard InChI is InChI=1S/C22H31N5O2S.HI/c1-3-23-22(24-12-13-25-30(28,29)21-11-14-26(2)18-21)27-15-9-20(10-16-27)17-19-7-5-4-6-8-19;/h4-8,11,14,17-18,25H,3,9-10,12-13,15-16H2,1-2H3,(H,23,24);1H. The fourth-order valence-corrected chi connectivity index (χ4v) is 4.49. The lowest BCUT2D eigenvalue weighted by Gasteiger charge is -2.31. The molecule has 0 aliphatic carbocycles. The van der Waals surface area contributed by atoms with Gasteiger partial charge in [0, 0.05) is 45.6 Å². The number of nitrogens with zero attached hydrogens (tertiary/aromatic N) is 3. The van der Waals surface area contributed by atoms with E-state index in [1.807, 2.05) is 13.0 Å². The van der Waals surface area contributed by atoms with Gasteiger partial charge in [0.15, 0.2) is 5.96 Å². The number of hydrogen-bond donors (Lipinski definition) is 2. The summed E-state index contributed by atoms with van der Waals surface area (Å²) in [5.41, 5.74) is 2.69. The fourth-order valence-electron chi connectivity index (χ4n) is 3.42. The average molecular weight is 558 g/mol. The molecule has 0 radical (unpaired) electrons. The van der Waals surface area contributed by atoms with Gasteiger partial charge in [0.1, 0.15) is 0 Å². The SMILES string of the molecule is CCNC(=NCCNS(=O)(=O)c1ccn(C)c1)N1CCC(=Cc2ccccc2)CC1.I. The maximum atomic E-state index is 12.3. The van der Waals surface area contributed by atoms with Crippen LogP contribution in [0.4, 0.5) is 0 Å².